The molecule has 2 aliphatic rings. The molecular formula is C23H26ClN3O4. The van der Waals surface area contributed by atoms with E-state index < -0.39 is 0 Å². The van der Waals surface area contributed by atoms with E-state index in [0.29, 0.717) is 86.8 Å². The van der Waals surface area contributed by atoms with Crippen molar-refractivity contribution in [3.05, 3.63) is 62.3 Å². The summed E-state index contributed by atoms with van der Waals surface area (Å²) in [6.45, 7) is 2.08. The minimum absolute atomic E-state index is 0.0565. The smallest absolute Gasteiger partial charge is 0.256 e. The summed E-state index contributed by atoms with van der Waals surface area (Å²) in [5, 5.41) is 0.612. The number of H-pyrrole nitrogens is 1. The normalized spacial score (nSPS) is 16.7. The quantitative estimate of drug-likeness (QED) is 0.693. The summed E-state index contributed by atoms with van der Waals surface area (Å²) in [5.74, 6) is 0.785. The van der Waals surface area contributed by atoms with Crippen molar-refractivity contribution in [3.8, 4) is 0 Å². The number of nitrogens with one attached hydrogen (secondary N) is 1. The monoisotopic (exact) mass is 443 g/mol. The molecule has 7 nitrogen and oxygen atoms in total. The molecule has 1 aromatic heterocycles. The fraction of sp³-hybridized carbons (Fsp3) is 0.478. The Labute approximate surface area is 185 Å². The number of ether oxygens (including phenoxy) is 1. The van der Waals surface area contributed by atoms with Crippen LogP contribution in [0.25, 0.3) is 0 Å². The Morgan fingerprint density at radius 2 is 1.94 bits per heavy atom. The van der Waals surface area contributed by atoms with E-state index in [2.05, 4.69) is 9.97 Å². The first kappa shape index (κ1) is 21.7. The van der Waals surface area contributed by atoms with Gasteiger partial charge in [-0.15, -0.1) is 0 Å². The number of ketones is 1. The van der Waals surface area contributed by atoms with Crippen LogP contribution in [0.15, 0.2) is 29.1 Å². The van der Waals surface area contributed by atoms with E-state index >= 15 is 0 Å². The number of likely N-dealkylation sites (tertiary alicyclic amines) is 1. The third-order valence-corrected chi connectivity index (χ3v) is 6.28. The summed E-state index contributed by atoms with van der Waals surface area (Å²) in [6, 6.07) is 6.97. The van der Waals surface area contributed by atoms with Crippen LogP contribution in [-0.4, -0.2) is 46.3 Å². The predicted molar refractivity (Wildman–Crippen MR) is 116 cm³/mol. The number of amides is 1. The Morgan fingerprint density at radius 3 is 2.68 bits per heavy atom. The molecule has 164 valence electrons. The number of aromatic amines is 1. The molecule has 3 heterocycles. The van der Waals surface area contributed by atoms with E-state index in [4.69, 9.17) is 16.3 Å². The van der Waals surface area contributed by atoms with Crippen molar-refractivity contribution in [1.29, 1.82) is 0 Å². The van der Waals surface area contributed by atoms with Crippen LogP contribution in [0.5, 0.6) is 0 Å². The summed E-state index contributed by atoms with van der Waals surface area (Å²) in [7, 11) is 0. The molecule has 8 heteroatoms. The van der Waals surface area contributed by atoms with Crippen molar-refractivity contribution < 1.29 is 14.3 Å². The summed E-state index contributed by atoms with van der Waals surface area (Å²) in [5.41, 5.74) is 1.96. The highest BCUT2D eigenvalue weighted by Gasteiger charge is 2.27. The molecule has 0 bridgehead atoms. The third kappa shape index (κ3) is 5.22. The zero-order chi connectivity index (χ0) is 21.8. The lowest BCUT2D eigenvalue weighted by Gasteiger charge is -2.31. The maximum Gasteiger partial charge on any atom is 0.256 e. The average Bonchev–Trinajstić information content (AvgIpc) is 2.79. The number of benzene rings is 1. The molecule has 31 heavy (non-hydrogen) atoms. The van der Waals surface area contributed by atoms with Crippen LogP contribution in [0.4, 0.5) is 0 Å². The highest BCUT2D eigenvalue weighted by atomic mass is 35.5. The number of piperidine rings is 1. The van der Waals surface area contributed by atoms with Gasteiger partial charge in [-0.05, 0) is 43.5 Å². The van der Waals surface area contributed by atoms with Crippen molar-refractivity contribution in [2.45, 2.75) is 45.1 Å². The van der Waals surface area contributed by atoms with Gasteiger partial charge in [0.05, 0.1) is 24.5 Å². The molecule has 1 aromatic carbocycles. The molecule has 0 atom stereocenters. The Morgan fingerprint density at radius 1 is 1.19 bits per heavy atom. The van der Waals surface area contributed by atoms with Gasteiger partial charge in [-0.2, -0.15) is 0 Å². The van der Waals surface area contributed by atoms with E-state index in [1.807, 2.05) is 4.90 Å². The first-order valence-corrected chi connectivity index (χ1v) is 11.2. The largest absolute Gasteiger partial charge is 0.376 e. The number of aromatic nitrogens is 2. The van der Waals surface area contributed by atoms with E-state index in [1.165, 1.54) is 0 Å². The zero-order valence-electron chi connectivity index (χ0n) is 17.4. The number of hydrogen-bond acceptors (Lipinski definition) is 5. The van der Waals surface area contributed by atoms with Gasteiger partial charge in [0, 0.05) is 48.9 Å². The lowest BCUT2D eigenvalue weighted by molar-refractivity contribution is -0.132. The van der Waals surface area contributed by atoms with E-state index in [1.54, 1.807) is 24.3 Å². The maximum absolute atomic E-state index is 12.7. The Kier molecular flexibility index (Phi) is 6.83. The van der Waals surface area contributed by atoms with Gasteiger partial charge in [-0.1, -0.05) is 11.6 Å². The number of halogens is 1. The van der Waals surface area contributed by atoms with Gasteiger partial charge in [0.15, 0.2) is 5.78 Å². The second kappa shape index (κ2) is 9.75. The van der Waals surface area contributed by atoms with E-state index in [-0.39, 0.29) is 23.2 Å². The average molecular weight is 444 g/mol. The highest BCUT2D eigenvalue weighted by molar-refractivity contribution is 6.30. The second-order valence-corrected chi connectivity index (χ2v) is 8.56. The van der Waals surface area contributed by atoms with Crippen LogP contribution in [0.2, 0.25) is 5.02 Å². The SMILES string of the molecule is O=C(c1ccc(Cl)cc1)C1CCN(C(=O)CCCc2nc3c(c(=O)[nH]2)COCC3)CC1. The van der Waals surface area contributed by atoms with Gasteiger partial charge in [0.25, 0.3) is 5.56 Å². The van der Waals surface area contributed by atoms with Crippen molar-refractivity contribution in [1.82, 2.24) is 14.9 Å². The molecular weight excluding hydrogens is 418 g/mol. The number of nitrogens with zero attached hydrogens (tertiary/aromatic N) is 2. The summed E-state index contributed by atoms with van der Waals surface area (Å²) in [6.07, 6.45) is 3.58. The molecule has 1 saturated heterocycles. The van der Waals surface area contributed by atoms with Gasteiger partial charge in [-0.25, -0.2) is 4.98 Å². The second-order valence-electron chi connectivity index (χ2n) is 8.12. The molecule has 0 saturated carbocycles. The standard InChI is InChI=1S/C23H26ClN3O4/c24-17-6-4-15(5-7-17)22(29)16-8-11-27(12-9-16)21(28)3-1-2-20-25-19-10-13-31-14-18(19)23(30)26-20/h4-7,16H,1-3,8-14H2,(H,25,26,30). The molecule has 1 amide bonds. The molecule has 1 fully saturated rings. The molecule has 1 N–H and O–H groups in total. The molecule has 0 unspecified atom stereocenters. The molecule has 0 radical (unpaired) electrons. The lowest BCUT2D eigenvalue weighted by Crippen LogP contribution is -2.40. The van der Waals surface area contributed by atoms with Gasteiger partial charge in [0.2, 0.25) is 5.91 Å². The number of Topliss-reactive ketones (excluding diaryl/α,β-unsaturated/α-hetero) is 1. The van der Waals surface area contributed by atoms with Crippen molar-refractivity contribution in [2.75, 3.05) is 19.7 Å². The third-order valence-electron chi connectivity index (χ3n) is 6.03. The van der Waals surface area contributed by atoms with Crippen LogP contribution >= 0.6 is 11.6 Å². The fourth-order valence-corrected chi connectivity index (χ4v) is 4.35. The maximum atomic E-state index is 12.7. The highest BCUT2D eigenvalue weighted by Crippen LogP contribution is 2.23. The van der Waals surface area contributed by atoms with Gasteiger partial charge in [-0.3, -0.25) is 14.4 Å². The fourth-order valence-electron chi connectivity index (χ4n) is 4.22. The van der Waals surface area contributed by atoms with Crippen molar-refractivity contribution in [2.24, 2.45) is 5.92 Å². The van der Waals surface area contributed by atoms with Crippen molar-refractivity contribution in [3.63, 3.8) is 0 Å². The summed E-state index contributed by atoms with van der Waals surface area (Å²) >= 11 is 5.89. The van der Waals surface area contributed by atoms with Crippen molar-refractivity contribution >= 4 is 23.3 Å². The Hall–Kier alpha value is -2.51. The van der Waals surface area contributed by atoms with E-state index in [0.717, 1.165) is 5.69 Å². The van der Waals surface area contributed by atoms with Crippen LogP contribution in [0, 0.1) is 5.92 Å². The predicted octanol–water partition coefficient (Wildman–Crippen LogP) is 2.94. The summed E-state index contributed by atoms with van der Waals surface area (Å²) < 4.78 is 5.31. The Balaban J connectivity index is 1.24. The molecule has 2 aromatic rings. The van der Waals surface area contributed by atoms with Crippen LogP contribution in [-0.2, 0) is 29.0 Å². The molecule has 0 spiro atoms. The minimum atomic E-state index is -0.140. The number of rotatable bonds is 6. The topological polar surface area (TPSA) is 92.4 Å². The van der Waals surface area contributed by atoms with Gasteiger partial charge >= 0.3 is 0 Å². The number of aryl methyl sites for hydroxylation is 1. The number of carbonyl (C=O) groups excluding carboxylic acids is 2. The zero-order valence-corrected chi connectivity index (χ0v) is 18.1. The molecule has 2 aliphatic heterocycles. The number of carbonyl (C=O) groups is 2. The van der Waals surface area contributed by atoms with E-state index in [9.17, 15) is 14.4 Å². The minimum Gasteiger partial charge on any atom is -0.376 e. The first-order valence-electron chi connectivity index (χ1n) is 10.8. The molecule has 4 rings (SSSR count). The summed E-state index contributed by atoms with van der Waals surface area (Å²) in [4.78, 5) is 46.6. The first-order chi connectivity index (χ1) is 15.0. The number of hydrogen-bond donors (Lipinski definition) is 1. The van der Waals surface area contributed by atoms with Crippen LogP contribution in [0.1, 0.15) is 53.1 Å². The van der Waals surface area contributed by atoms with Crippen LogP contribution in [0.3, 0.4) is 0 Å². The lowest BCUT2D eigenvalue weighted by atomic mass is 9.89. The van der Waals surface area contributed by atoms with Crippen LogP contribution < -0.4 is 5.56 Å². The van der Waals surface area contributed by atoms with Gasteiger partial charge in [0.1, 0.15) is 5.82 Å². The number of fused-ring (bicyclic) bond motifs is 1. The van der Waals surface area contributed by atoms with Gasteiger partial charge < -0.3 is 14.6 Å². The molecule has 0 aliphatic carbocycles. The Bertz CT molecular complexity index is 1010.